The second-order valence-electron chi connectivity index (χ2n) is 3.42. The molecule has 7 nitrogen and oxygen atoms in total. The number of hydrogen-bond donors (Lipinski definition) is 0. The number of ether oxygens (including phenoxy) is 3. The second kappa shape index (κ2) is 20.4. The summed E-state index contributed by atoms with van der Waals surface area (Å²) < 4.78 is 13.6. The molecule has 0 radical (unpaired) electrons. The monoisotopic (exact) mass is 356 g/mol. The summed E-state index contributed by atoms with van der Waals surface area (Å²) in [6, 6.07) is 0. The molecule has 23 heavy (non-hydrogen) atoms. The van der Waals surface area contributed by atoms with Crippen LogP contribution in [0.5, 0.6) is 0 Å². The average Bonchev–Trinajstić information content (AvgIpc) is 2.28. The molecule has 0 aliphatic carbocycles. The van der Waals surface area contributed by atoms with Crippen LogP contribution in [0.4, 0.5) is 0 Å². The van der Waals surface area contributed by atoms with Gasteiger partial charge in [-0.15, -0.1) is 0 Å². The van der Waals surface area contributed by atoms with Crippen LogP contribution >= 0.6 is 11.8 Å². The lowest BCUT2D eigenvalue weighted by molar-refractivity contribution is -0.169. The number of Topliss-reactive ketones (excluding diaryl/α,β-unsaturated/α-hetero) is 1. The maximum atomic E-state index is 11.1. The zero-order valence-corrected chi connectivity index (χ0v) is 11.6. The molecule has 0 bridgehead atoms. The molecule has 0 saturated heterocycles. The lowest BCUT2D eigenvalue weighted by Crippen LogP contribution is -2.18. The van der Waals surface area contributed by atoms with E-state index in [9.17, 15) is 19.2 Å². The van der Waals surface area contributed by atoms with Gasteiger partial charge in [0, 0.05) is 5.75 Å². The number of hydrogen-bond acceptors (Lipinski definition) is 8. The van der Waals surface area contributed by atoms with E-state index in [1.807, 2.05) is 6.26 Å². The number of thioether (sulfide) groups is 1. The van der Waals surface area contributed by atoms with Crippen molar-refractivity contribution in [1.29, 1.82) is 0 Å². The molecule has 0 rings (SSSR count). The van der Waals surface area contributed by atoms with Gasteiger partial charge >= 0.3 is 17.9 Å². The SMILES string of the molecule is C.C.C.C.CSCCOC(=O)CC(=O)OCOC(=O)CC(C)=O. The molecule has 140 valence electrons. The van der Waals surface area contributed by atoms with E-state index in [4.69, 9.17) is 4.74 Å². The molecule has 0 aromatic carbocycles. The predicted molar refractivity (Wildman–Crippen MR) is 93.2 cm³/mol. The van der Waals surface area contributed by atoms with Crippen molar-refractivity contribution in [2.75, 3.05) is 25.4 Å². The lowest BCUT2D eigenvalue weighted by atomic mass is 10.3. The van der Waals surface area contributed by atoms with E-state index in [0.717, 1.165) is 0 Å². The normalized spacial score (nSPS) is 7.91. The maximum absolute atomic E-state index is 11.1. The van der Waals surface area contributed by atoms with Gasteiger partial charge in [0.05, 0.1) is 0 Å². The number of carbonyl (C=O) groups excluding carboxylic acids is 4. The summed E-state index contributed by atoms with van der Waals surface area (Å²) in [5.74, 6) is -2.06. The number of carbonyl (C=O) groups is 4. The van der Waals surface area contributed by atoms with Gasteiger partial charge in [0.1, 0.15) is 25.2 Å². The molecule has 0 spiro atoms. The summed E-state index contributed by atoms with van der Waals surface area (Å²) in [4.78, 5) is 43.6. The molecular weight excluding hydrogens is 324 g/mol. The van der Waals surface area contributed by atoms with Crippen LogP contribution in [-0.2, 0) is 33.4 Å². The van der Waals surface area contributed by atoms with Crippen molar-refractivity contribution in [2.24, 2.45) is 0 Å². The third-order valence-corrected chi connectivity index (χ3v) is 2.25. The predicted octanol–water partition coefficient (Wildman–Crippen LogP) is 2.85. The molecule has 0 aliphatic heterocycles. The summed E-state index contributed by atoms with van der Waals surface area (Å²) in [6.07, 6.45) is 0.935. The number of ketones is 1. The Labute approximate surface area is 144 Å². The van der Waals surface area contributed by atoms with Crippen LogP contribution in [0, 0.1) is 0 Å². The minimum atomic E-state index is -0.857. The molecule has 0 aliphatic rings. The number of rotatable bonds is 9. The minimum Gasteiger partial charge on any atom is -0.464 e. The summed E-state index contributed by atoms with van der Waals surface area (Å²) in [6.45, 7) is 0.835. The van der Waals surface area contributed by atoms with Gasteiger partial charge < -0.3 is 14.2 Å². The largest absolute Gasteiger partial charge is 0.464 e. The van der Waals surface area contributed by atoms with E-state index in [0.29, 0.717) is 5.75 Å². The highest BCUT2D eigenvalue weighted by Gasteiger charge is 2.13. The van der Waals surface area contributed by atoms with Crippen LogP contribution in [-0.4, -0.2) is 49.1 Å². The van der Waals surface area contributed by atoms with Crippen LogP contribution in [0.15, 0.2) is 0 Å². The van der Waals surface area contributed by atoms with Gasteiger partial charge in [-0.3, -0.25) is 19.2 Å². The first kappa shape index (κ1) is 33.1. The van der Waals surface area contributed by atoms with Crippen LogP contribution < -0.4 is 0 Å². The first-order chi connectivity index (χ1) is 8.95. The highest BCUT2D eigenvalue weighted by atomic mass is 32.2. The van der Waals surface area contributed by atoms with Crippen molar-refractivity contribution in [3.05, 3.63) is 0 Å². The topological polar surface area (TPSA) is 96.0 Å². The molecule has 0 atom stereocenters. The summed E-state index contributed by atoms with van der Waals surface area (Å²) in [5.41, 5.74) is 0. The summed E-state index contributed by atoms with van der Waals surface area (Å²) in [7, 11) is 0. The van der Waals surface area contributed by atoms with Crippen LogP contribution in [0.25, 0.3) is 0 Å². The Hall–Kier alpha value is -1.57. The molecule has 0 fully saturated rings. The molecule has 0 saturated carbocycles. The summed E-state index contributed by atoms with van der Waals surface area (Å²) >= 11 is 1.51. The number of esters is 3. The Morgan fingerprint density at radius 1 is 0.783 bits per heavy atom. The van der Waals surface area contributed by atoms with E-state index < -0.39 is 31.1 Å². The third kappa shape index (κ3) is 22.8. The summed E-state index contributed by atoms with van der Waals surface area (Å²) in [5, 5.41) is 0. The minimum absolute atomic E-state index is 0. The van der Waals surface area contributed by atoms with E-state index in [2.05, 4.69) is 9.47 Å². The highest BCUT2D eigenvalue weighted by Crippen LogP contribution is 1.96. The third-order valence-electron chi connectivity index (χ3n) is 1.67. The lowest BCUT2D eigenvalue weighted by Gasteiger charge is -2.06. The van der Waals surface area contributed by atoms with E-state index in [1.54, 1.807) is 0 Å². The Balaban J connectivity index is -0.000000270. The van der Waals surface area contributed by atoms with Gasteiger partial charge in [0.25, 0.3) is 0 Å². The zero-order chi connectivity index (χ0) is 14.7. The van der Waals surface area contributed by atoms with Crippen molar-refractivity contribution in [2.45, 2.75) is 49.5 Å². The Morgan fingerprint density at radius 3 is 1.65 bits per heavy atom. The first-order valence-corrected chi connectivity index (χ1v) is 6.80. The molecule has 0 N–H and O–H groups in total. The van der Waals surface area contributed by atoms with Crippen LogP contribution in [0.1, 0.15) is 49.5 Å². The van der Waals surface area contributed by atoms with E-state index in [-0.39, 0.29) is 48.5 Å². The van der Waals surface area contributed by atoms with Gasteiger partial charge in [-0.05, 0) is 13.2 Å². The van der Waals surface area contributed by atoms with Crippen molar-refractivity contribution in [3.8, 4) is 0 Å². The van der Waals surface area contributed by atoms with Crippen LogP contribution in [0.3, 0.4) is 0 Å². The van der Waals surface area contributed by atoms with Gasteiger partial charge in [0.2, 0.25) is 6.79 Å². The second-order valence-corrected chi connectivity index (χ2v) is 4.40. The molecule has 0 amide bonds. The van der Waals surface area contributed by atoms with E-state index >= 15 is 0 Å². The molecule has 0 unspecified atom stereocenters. The highest BCUT2D eigenvalue weighted by molar-refractivity contribution is 7.98. The molecular formula is C15H32O7S. The standard InChI is InChI=1S/C11H16O7S.4CH4/c1-8(12)5-9(13)17-7-18-11(15)6-10(14)16-3-4-19-2;;;;/h3-7H2,1-2H3;4*1H4. The Morgan fingerprint density at radius 2 is 1.22 bits per heavy atom. The van der Waals surface area contributed by atoms with Crippen molar-refractivity contribution in [3.63, 3.8) is 0 Å². The zero-order valence-electron chi connectivity index (χ0n) is 10.8. The maximum Gasteiger partial charge on any atom is 0.320 e. The fourth-order valence-electron chi connectivity index (χ4n) is 0.874. The molecule has 0 heterocycles. The average molecular weight is 356 g/mol. The van der Waals surface area contributed by atoms with Gasteiger partial charge in [-0.25, -0.2) is 0 Å². The first-order valence-electron chi connectivity index (χ1n) is 5.41. The van der Waals surface area contributed by atoms with Crippen molar-refractivity contribution >= 4 is 35.5 Å². The fourth-order valence-corrected chi connectivity index (χ4v) is 1.12. The van der Waals surface area contributed by atoms with Crippen molar-refractivity contribution in [1.82, 2.24) is 0 Å². The Kier molecular flexibility index (Phi) is 29.4. The molecule has 0 aromatic rings. The fraction of sp³-hybridized carbons (Fsp3) is 0.733. The molecule has 0 aromatic heterocycles. The van der Waals surface area contributed by atoms with Crippen molar-refractivity contribution < 1.29 is 33.4 Å². The van der Waals surface area contributed by atoms with Gasteiger partial charge in [-0.2, -0.15) is 11.8 Å². The van der Waals surface area contributed by atoms with Gasteiger partial charge in [-0.1, -0.05) is 29.7 Å². The quantitative estimate of drug-likeness (QED) is 0.269. The molecule has 8 heteroatoms. The Bertz CT molecular complexity index is 343. The van der Waals surface area contributed by atoms with E-state index in [1.165, 1.54) is 18.7 Å². The smallest absolute Gasteiger partial charge is 0.320 e. The van der Waals surface area contributed by atoms with Gasteiger partial charge in [0.15, 0.2) is 0 Å². The van der Waals surface area contributed by atoms with Crippen LogP contribution in [0.2, 0.25) is 0 Å².